The topological polar surface area (TPSA) is 76.2 Å². The molecule has 1 aromatic rings. The number of benzene rings is 1. The molecule has 1 aromatic carbocycles. The minimum atomic E-state index is -0.604. The molecule has 2 aliphatic heterocycles. The summed E-state index contributed by atoms with van der Waals surface area (Å²) in [6.07, 6.45) is 0.818. The van der Waals surface area contributed by atoms with E-state index in [9.17, 15) is 14.4 Å². The summed E-state index contributed by atoms with van der Waals surface area (Å²) in [5, 5.41) is 0. The maximum Gasteiger partial charge on any atom is 0.332 e. The SMILES string of the molecule is COC(=O)C1CCN2C(=O)N(c3cc(C)c(OC)cc3C)C(=O)C2C1. The number of nitrogens with zero attached hydrogens (tertiary/aromatic N) is 2. The second kappa shape index (κ2) is 6.38. The number of ether oxygens (including phenoxy) is 2. The van der Waals surface area contributed by atoms with Crippen LogP contribution in [-0.4, -0.2) is 49.6 Å². The molecule has 2 unspecified atom stereocenters. The van der Waals surface area contributed by atoms with Crippen LogP contribution in [0.2, 0.25) is 0 Å². The highest BCUT2D eigenvalue weighted by atomic mass is 16.5. The van der Waals surface area contributed by atoms with E-state index in [2.05, 4.69) is 0 Å². The van der Waals surface area contributed by atoms with Crippen molar-refractivity contribution in [3.05, 3.63) is 23.3 Å². The van der Waals surface area contributed by atoms with E-state index >= 15 is 0 Å². The van der Waals surface area contributed by atoms with Crippen LogP contribution in [-0.2, 0) is 14.3 Å². The van der Waals surface area contributed by atoms with E-state index in [0.717, 1.165) is 11.1 Å². The third-order valence-corrected chi connectivity index (χ3v) is 5.03. The number of carbonyl (C=O) groups is 3. The number of imide groups is 1. The Labute approximate surface area is 146 Å². The molecular formula is C18H22N2O5. The second-order valence-electron chi connectivity index (χ2n) is 6.52. The van der Waals surface area contributed by atoms with Gasteiger partial charge in [0.25, 0.3) is 5.91 Å². The predicted molar refractivity (Wildman–Crippen MR) is 90.6 cm³/mol. The van der Waals surface area contributed by atoms with Gasteiger partial charge in [-0.2, -0.15) is 0 Å². The van der Waals surface area contributed by atoms with E-state index in [0.29, 0.717) is 30.8 Å². The van der Waals surface area contributed by atoms with E-state index in [1.54, 1.807) is 18.1 Å². The van der Waals surface area contributed by atoms with Crippen LogP contribution in [0.4, 0.5) is 10.5 Å². The Balaban J connectivity index is 1.93. The summed E-state index contributed by atoms with van der Waals surface area (Å²) in [5.41, 5.74) is 2.20. The van der Waals surface area contributed by atoms with Crippen molar-refractivity contribution in [2.24, 2.45) is 5.92 Å². The third kappa shape index (κ3) is 2.73. The van der Waals surface area contributed by atoms with Crippen LogP contribution in [0.1, 0.15) is 24.0 Å². The summed E-state index contributed by atoms with van der Waals surface area (Å²) < 4.78 is 10.1. The number of aryl methyl sites for hydroxylation is 2. The van der Waals surface area contributed by atoms with Gasteiger partial charge in [-0.3, -0.25) is 9.59 Å². The fraction of sp³-hybridized carbons (Fsp3) is 0.500. The first-order chi connectivity index (χ1) is 11.9. The van der Waals surface area contributed by atoms with Gasteiger partial charge in [0, 0.05) is 6.54 Å². The lowest BCUT2D eigenvalue weighted by Gasteiger charge is -2.30. The van der Waals surface area contributed by atoms with Crippen LogP contribution >= 0.6 is 0 Å². The Kier molecular flexibility index (Phi) is 4.41. The highest BCUT2D eigenvalue weighted by Crippen LogP contribution is 2.36. The number of carbonyl (C=O) groups excluding carboxylic acids is 3. The first kappa shape index (κ1) is 17.3. The number of fused-ring (bicyclic) bond motifs is 1. The predicted octanol–water partition coefficient (Wildman–Crippen LogP) is 2.03. The van der Waals surface area contributed by atoms with Crippen molar-refractivity contribution in [2.45, 2.75) is 32.7 Å². The van der Waals surface area contributed by atoms with Gasteiger partial charge in [-0.1, -0.05) is 0 Å². The number of hydrogen-bond acceptors (Lipinski definition) is 5. The monoisotopic (exact) mass is 346 g/mol. The molecule has 0 aromatic heterocycles. The molecule has 2 heterocycles. The first-order valence-electron chi connectivity index (χ1n) is 8.26. The van der Waals surface area contributed by atoms with Crippen molar-refractivity contribution in [3.63, 3.8) is 0 Å². The zero-order chi connectivity index (χ0) is 18.3. The van der Waals surface area contributed by atoms with Crippen LogP contribution in [0.3, 0.4) is 0 Å². The summed E-state index contributed by atoms with van der Waals surface area (Å²) in [5.74, 6) is -0.244. The van der Waals surface area contributed by atoms with Gasteiger partial charge in [0.15, 0.2) is 0 Å². The number of piperidine rings is 1. The average molecular weight is 346 g/mol. The molecule has 0 aliphatic carbocycles. The lowest BCUT2D eigenvalue weighted by atomic mass is 9.91. The minimum absolute atomic E-state index is 0.286. The van der Waals surface area contributed by atoms with Crippen molar-refractivity contribution in [3.8, 4) is 5.75 Å². The molecule has 2 fully saturated rings. The Morgan fingerprint density at radius 1 is 1.16 bits per heavy atom. The summed E-state index contributed by atoms with van der Waals surface area (Å²) in [6, 6.07) is 2.68. The first-order valence-corrected chi connectivity index (χ1v) is 8.26. The van der Waals surface area contributed by atoms with Gasteiger partial charge in [0.1, 0.15) is 11.8 Å². The van der Waals surface area contributed by atoms with Gasteiger partial charge in [-0.15, -0.1) is 0 Å². The van der Waals surface area contributed by atoms with Gasteiger partial charge >= 0.3 is 12.0 Å². The quantitative estimate of drug-likeness (QED) is 0.618. The van der Waals surface area contributed by atoms with Crippen molar-refractivity contribution < 1.29 is 23.9 Å². The van der Waals surface area contributed by atoms with Gasteiger partial charge < -0.3 is 14.4 Å². The summed E-state index contributed by atoms with van der Waals surface area (Å²) >= 11 is 0. The number of amides is 3. The second-order valence-corrected chi connectivity index (χ2v) is 6.52. The summed E-state index contributed by atoms with van der Waals surface area (Å²) in [7, 11) is 2.92. The fourth-order valence-corrected chi connectivity index (χ4v) is 3.64. The van der Waals surface area contributed by atoms with Gasteiger partial charge in [0.05, 0.1) is 25.8 Å². The highest BCUT2D eigenvalue weighted by molar-refractivity contribution is 6.22. The third-order valence-electron chi connectivity index (χ3n) is 5.03. The van der Waals surface area contributed by atoms with Crippen LogP contribution < -0.4 is 9.64 Å². The lowest BCUT2D eigenvalue weighted by Crippen LogP contribution is -2.44. The Hall–Kier alpha value is -2.57. The number of anilines is 1. The van der Waals surface area contributed by atoms with Crippen molar-refractivity contribution >= 4 is 23.6 Å². The molecular weight excluding hydrogens is 324 g/mol. The molecule has 7 nitrogen and oxygen atoms in total. The molecule has 0 saturated carbocycles. The van der Waals surface area contributed by atoms with Crippen LogP contribution in [0.25, 0.3) is 0 Å². The van der Waals surface area contributed by atoms with Crippen molar-refractivity contribution in [1.29, 1.82) is 0 Å². The fourth-order valence-electron chi connectivity index (χ4n) is 3.64. The molecule has 134 valence electrons. The highest BCUT2D eigenvalue weighted by Gasteiger charge is 2.50. The molecule has 0 spiro atoms. The number of hydrogen-bond donors (Lipinski definition) is 0. The standard InChI is InChI=1S/C18H22N2O5/c1-10-8-15(24-3)11(2)7-13(10)20-16(21)14-9-12(17(22)25-4)5-6-19(14)18(20)23/h7-8,12,14H,5-6,9H2,1-4H3. The average Bonchev–Trinajstić information content (AvgIpc) is 2.86. The molecule has 0 radical (unpaired) electrons. The Morgan fingerprint density at radius 3 is 2.52 bits per heavy atom. The lowest BCUT2D eigenvalue weighted by molar-refractivity contribution is -0.147. The number of esters is 1. The van der Waals surface area contributed by atoms with E-state index in [1.165, 1.54) is 12.0 Å². The van der Waals surface area contributed by atoms with Crippen molar-refractivity contribution in [1.82, 2.24) is 4.90 Å². The van der Waals surface area contributed by atoms with E-state index in [-0.39, 0.29) is 23.8 Å². The van der Waals surface area contributed by atoms with E-state index in [4.69, 9.17) is 9.47 Å². The van der Waals surface area contributed by atoms with Crippen LogP contribution in [0.15, 0.2) is 12.1 Å². The summed E-state index contributed by atoms with van der Waals surface area (Å²) in [4.78, 5) is 40.3. The van der Waals surface area contributed by atoms with Gasteiger partial charge in [0.2, 0.25) is 0 Å². The van der Waals surface area contributed by atoms with Crippen LogP contribution in [0.5, 0.6) is 5.75 Å². The maximum absolute atomic E-state index is 12.9. The molecule has 2 atom stereocenters. The van der Waals surface area contributed by atoms with E-state index < -0.39 is 6.04 Å². The Morgan fingerprint density at radius 2 is 1.88 bits per heavy atom. The van der Waals surface area contributed by atoms with Gasteiger partial charge in [-0.25, -0.2) is 9.69 Å². The molecule has 0 N–H and O–H groups in total. The largest absolute Gasteiger partial charge is 0.496 e. The van der Waals surface area contributed by atoms with E-state index in [1.807, 2.05) is 19.9 Å². The normalized spacial score (nSPS) is 22.9. The zero-order valence-electron chi connectivity index (χ0n) is 14.9. The molecule has 3 amide bonds. The van der Waals surface area contributed by atoms with Gasteiger partial charge in [-0.05, 0) is 49.9 Å². The molecule has 3 rings (SSSR count). The smallest absolute Gasteiger partial charge is 0.332 e. The van der Waals surface area contributed by atoms with Crippen LogP contribution in [0, 0.1) is 19.8 Å². The van der Waals surface area contributed by atoms with Crippen molar-refractivity contribution in [2.75, 3.05) is 25.7 Å². The molecule has 2 saturated heterocycles. The molecule has 7 heteroatoms. The zero-order valence-corrected chi connectivity index (χ0v) is 14.9. The molecule has 2 aliphatic rings. The Bertz CT molecular complexity index is 745. The minimum Gasteiger partial charge on any atom is -0.496 e. The maximum atomic E-state index is 12.9. The molecule has 25 heavy (non-hydrogen) atoms. The summed E-state index contributed by atoms with van der Waals surface area (Å²) in [6.45, 7) is 4.08. The number of urea groups is 1. The number of rotatable bonds is 3. The number of methoxy groups -OCH3 is 2. The molecule has 0 bridgehead atoms.